The number of amides is 2. The first-order valence-corrected chi connectivity index (χ1v) is 9.49. The lowest BCUT2D eigenvalue weighted by Crippen LogP contribution is -2.43. The zero-order valence-electron chi connectivity index (χ0n) is 15.7. The number of nitrogens with zero attached hydrogens (tertiary/aromatic N) is 3. The molecule has 1 unspecified atom stereocenters. The summed E-state index contributed by atoms with van der Waals surface area (Å²) in [7, 11) is 0. The van der Waals surface area contributed by atoms with E-state index in [9.17, 15) is 14.7 Å². The van der Waals surface area contributed by atoms with Crippen LogP contribution < -0.4 is 5.32 Å². The number of aryl methyl sites for hydroxylation is 1. The monoisotopic (exact) mass is 363 g/mol. The largest absolute Gasteiger partial charge is 0.392 e. The molecule has 3 N–H and O–H groups in total. The summed E-state index contributed by atoms with van der Waals surface area (Å²) in [5, 5.41) is 23.5. The van der Waals surface area contributed by atoms with E-state index in [0.717, 1.165) is 18.5 Å². The molecule has 5 atom stereocenters. The minimum Gasteiger partial charge on any atom is -0.392 e. The van der Waals surface area contributed by atoms with E-state index >= 15 is 0 Å². The van der Waals surface area contributed by atoms with Crippen LogP contribution in [0, 0.1) is 23.7 Å². The number of hydrogen-bond acceptors (Lipinski definition) is 5. The fourth-order valence-electron chi connectivity index (χ4n) is 3.97. The maximum absolute atomic E-state index is 12.5. The standard InChI is InChI=1S/C18H29N5O3/c1-10(2)17(25)11(3)18(26)23-8-13-14(9-23)16(13)20-15(24)6-4-5-12-7-19-22-21-12/h7,10-11,13-14,16-17,25H,4-6,8-9H2,1-3H3,(H,20,24)(H,19,21,22)/t11-,13-,14+,16?,17-/m1/s1. The van der Waals surface area contributed by atoms with Gasteiger partial charge in [0.15, 0.2) is 0 Å². The predicted molar refractivity (Wildman–Crippen MR) is 94.8 cm³/mol. The van der Waals surface area contributed by atoms with Crippen LogP contribution in [-0.2, 0) is 16.0 Å². The smallest absolute Gasteiger partial charge is 0.228 e. The van der Waals surface area contributed by atoms with Gasteiger partial charge in [-0.25, -0.2) is 0 Å². The summed E-state index contributed by atoms with van der Waals surface area (Å²) in [6.45, 7) is 7.00. The van der Waals surface area contributed by atoms with Crippen LogP contribution in [-0.4, -0.2) is 62.5 Å². The van der Waals surface area contributed by atoms with Gasteiger partial charge < -0.3 is 15.3 Å². The number of aliphatic hydroxyl groups excluding tert-OH is 1. The normalized spacial score (nSPS) is 26.5. The molecule has 26 heavy (non-hydrogen) atoms. The molecule has 2 amide bonds. The van der Waals surface area contributed by atoms with Gasteiger partial charge in [-0.2, -0.15) is 15.4 Å². The molecule has 2 aliphatic rings. The van der Waals surface area contributed by atoms with Crippen molar-refractivity contribution in [1.82, 2.24) is 25.6 Å². The summed E-state index contributed by atoms with van der Waals surface area (Å²) in [6.07, 6.45) is 3.02. The fraction of sp³-hybridized carbons (Fsp3) is 0.778. The van der Waals surface area contributed by atoms with E-state index < -0.39 is 6.10 Å². The first-order valence-electron chi connectivity index (χ1n) is 9.49. The first kappa shape index (κ1) is 18.8. The van der Waals surface area contributed by atoms with E-state index in [4.69, 9.17) is 0 Å². The second-order valence-corrected chi connectivity index (χ2v) is 8.00. The van der Waals surface area contributed by atoms with Crippen LogP contribution in [0.5, 0.6) is 0 Å². The lowest BCUT2D eigenvalue weighted by atomic mass is 9.94. The Morgan fingerprint density at radius 2 is 2.04 bits per heavy atom. The van der Waals surface area contributed by atoms with Gasteiger partial charge in [0, 0.05) is 37.4 Å². The number of carbonyl (C=O) groups is 2. The van der Waals surface area contributed by atoms with Gasteiger partial charge >= 0.3 is 0 Å². The highest BCUT2D eigenvalue weighted by molar-refractivity contribution is 5.80. The van der Waals surface area contributed by atoms with Crippen molar-refractivity contribution in [3.63, 3.8) is 0 Å². The number of rotatable bonds is 8. The van der Waals surface area contributed by atoms with Crippen LogP contribution in [0.15, 0.2) is 6.20 Å². The van der Waals surface area contributed by atoms with Gasteiger partial charge in [-0.3, -0.25) is 9.59 Å². The second-order valence-electron chi connectivity index (χ2n) is 8.00. The van der Waals surface area contributed by atoms with E-state index in [0.29, 0.717) is 31.3 Å². The third-order valence-electron chi connectivity index (χ3n) is 5.72. The van der Waals surface area contributed by atoms with Gasteiger partial charge in [0.1, 0.15) is 0 Å². The van der Waals surface area contributed by atoms with Crippen molar-refractivity contribution in [2.75, 3.05) is 13.1 Å². The zero-order valence-corrected chi connectivity index (χ0v) is 15.7. The van der Waals surface area contributed by atoms with E-state index in [1.165, 1.54) is 0 Å². The van der Waals surface area contributed by atoms with E-state index in [1.807, 2.05) is 18.7 Å². The maximum Gasteiger partial charge on any atom is 0.228 e. The molecule has 1 aromatic heterocycles. The van der Waals surface area contributed by atoms with Crippen molar-refractivity contribution in [3.8, 4) is 0 Å². The van der Waals surface area contributed by atoms with Gasteiger partial charge in [-0.05, 0) is 18.8 Å². The van der Waals surface area contributed by atoms with Crippen LogP contribution in [0.25, 0.3) is 0 Å². The Labute approximate surface area is 153 Å². The molecule has 8 nitrogen and oxygen atoms in total. The summed E-state index contributed by atoms with van der Waals surface area (Å²) in [6, 6.07) is 0.198. The van der Waals surface area contributed by atoms with Crippen LogP contribution in [0.3, 0.4) is 0 Å². The van der Waals surface area contributed by atoms with Crippen molar-refractivity contribution in [1.29, 1.82) is 0 Å². The van der Waals surface area contributed by atoms with Crippen molar-refractivity contribution in [3.05, 3.63) is 11.9 Å². The average molecular weight is 363 g/mol. The number of piperidine rings is 1. The van der Waals surface area contributed by atoms with Gasteiger partial charge in [0.2, 0.25) is 11.8 Å². The van der Waals surface area contributed by atoms with E-state index in [2.05, 4.69) is 20.7 Å². The van der Waals surface area contributed by atoms with Gasteiger partial charge in [-0.15, -0.1) is 0 Å². The van der Waals surface area contributed by atoms with Crippen molar-refractivity contribution in [2.45, 2.75) is 52.2 Å². The quantitative estimate of drug-likeness (QED) is 0.617. The minimum atomic E-state index is -0.611. The molecule has 0 radical (unpaired) electrons. The lowest BCUT2D eigenvalue weighted by Gasteiger charge is -2.28. The molecular weight excluding hydrogens is 334 g/mol. The molecular formula is C18H29N5O3. The van der Waals surface area contributed by atoms with E-state index in [-0.39, 0.29) is 29.7 Å². The Morgan fingerprint density at radius 1 is 1.35 bits per heavy atom. The number of aliphatic hydroxyl groups is 1. The third kappa shape index (κ3) is 4.06. The summed E-state index contributed by atoms with van der Waals surface area (Å²) >= 11 is 0. The van der Waals surface area contributed by atoms with E-state index in [1.54, 1.807) is 13.1 Å². The highest BCUT2D eigenvalue weighted by atomic mass is 16.3. The van der Waals surface area contributed by atoms with Gasteiger partial charge in [0.05, 0.1) is 23.9 Å². The SMILES string of the molecule is CC(C)[C@@H](O)[C@@H](C)C(=O)N1C[C@@H]2C(NC(=O)CCCc3cn[nH]n3)[C@@H]2C1. The first-order chi connectivity index (χ1) is 12.4. The molecule has 2 heterocycles. The minimum absolute atomic E-state index is 0.0242. The molecule has 1 aliphatic carbocycles. The summed E-state index contributed by atoms with van der Waals surface area (Å²) < 4.78 is 0. The van der Waals surface area contributed by atoms with Gasteiger partial charge in [-0.1, -0.05) is 20.8 Å². The Kier molecular flexibility index (Phi) is 5.60. The Balaban J connectivity index is 1.36. The molecule has 1 saturated carbocycles. The molecule has 2 fully saturated rings. The molecule has 0 aromatic carbocycles. The van der Waals surface area contributed by atoms with Crippen LogP contribution in [0.2, 0.25) is 0 Å². The number of aromatic nitrogens is 3. The lowest BCUT2D eigenvalue weighted by molar-refractivity contribution is -0.139. The second kappa shape index (κ2) is 7.73. The number of hydrogen-bond donors (Lipinski definition) is 3. The van der Waals surface area contributed by atoms with Crippen molar-refractivity contribution >= 4 is 11.8 Å². The molecule has 1 aromatic rings. The molecule has 1 aliphatic heterocycles. The van der Waals surface area contributed by atoms with Crippen molar-refractivity contribution in [2.24, 2.45) is 23.7 Å². The summed E-state index contributed by atoms with van der Waals surface area (Å²) in [4.78, 5) is 26.4. The topological polar surface area (TPSA) is 111 Å². The average Bonchev–Trinajstić information content (AvgIpc) is 3.05. The number of fused-ring (bicyclic) bond motifs is 1. The fourth-order valence-corrected chi connectivity index (χ4v) is 3.97. The number of nitrogens with one attached hydrogen (secondary N) is 2. The zero-order chi connectivity index (χ0) is 18.8. The summed E-state index contributed by atoms with van der Waals surface area (Å²) in [5.41, 5.74) is 0.868. The molecule has 144 valence electrons. The molecule has 1 saturated heterocycles. The molecule has 8 heteroatoms. The highest BCUT2D eigenvalue weighted by Gasteiger charge is 2.57. The number of carbonyl (C=O) groups excluding carboxylic acids is 2. The number of likely N-dealkylation sites (tertiary alicyclic amines) is 1. The maximum atomic E-state index is 12.5. The van der Waals surface area contributed by atoms with Gasteiger partial charge in [0.25, 0.3) is 0 Å². The van der Waals surface area contributed by atoms with Crippen LogP contribution in [0.1, 0.15) is 39.3 Å². The Hall–Kier alpha value is -1.96. The molecule has 3 rings (SSSR count). The van der Waals surface area contributed by atoms with Crippen LogP contribution in [0.4, 0.5) is 0 Å². The van der Waals surface area contributed by atoms with Crippen LogP contribution >= 0.6 is 0 Å². The molecule has 0 bridgehead atoms. The summed E-state index contributed by atoms with van der Waals surface area (Å²) in [5.74, 6) is 0.501. The third-order valence-corrected chi connectivity index (χ3v) is 5.72. The Bertz CT molecular complexity index is 621. The Morgan fingerprint density at radius 3 is 2.62 bits per heavy atom. The molecule has 0 spiro atoms. The number of H-pyrrole nitrogens is 1. The van der Waals surface area contributed by atoms with Crippen molar-refractivity contribution < 1.29 is 14.7 Å². The highest BCUT2D eigenvalue weighted by Crippen LogP contribution is 2.46. The number of aromatic amines is 1. The predicted octanol–water partition coefficient (Wildman–Crippen LogP) is 0.353.